The van der Waals surface area contributed by atoms with E-state index in [4.69, 9.17) is 4.74 Å². The molecular weight excluding hydrogens is 310 g/mol. The summed E-state index contributed by atoms with van der Waals surface area (Å²) in [5.74, 6) is 0.581. The van der Waals surface area contributed by atoms with Crippen LogP contribution in [0.5, 0.6) is 0 Å². The molecule has 1 aliphatic heterocycles. The zero-order valence-electron chi connectivity index (χ0n) is 13.9. The molecule has 5 heteroatoms. The van der Waals surface area contributed by atoms with Crippen LogP contribution >= 0.6 is 11.8 Å². The van der Waals surface area contributed by atoms with Crippen molar-refractivity contribution in [2.75, 3.05) is 25.4 Å². The van der Waals surface area contributed by atoms with Gasteiger partial charge in [0.05, 0.1) is 12.5 Å². The average molecular weight is 335 g/mol. The number of amides is 1. The Morgan fingerprint density at radius 2 is 2.04 bits per heavy atom. The number of nitrogens with zero attached hydrogens (tertiary/aromatic N) is 1. The van der Waals surface area contributed by atoms with Crippen LogP contribution in [0.4, 0.5) is 0 Å². The number of likely N-dealkylation sites (tertiary alicyclic amines) is 1. The van der Waals surface area contributed by atoms with Crippen molar-refractivity contribution in [3.05, 3.63) is 29.8 Å². The minimum Gasteiger partial charge on any atom is -0.466 e. The third-order valence-electron chi connectivity index (χ3n) is 4.00. The van der Waals surface area contributed by atoms with Crippen molar-refractivity contribution in [2.24, 2.45) is 5.92 Å². The number of rotatable bonds is 6. The quantitative estimate of drug-likeness (QED) is 0.591. The number of carbonyl (C=O) groups excluding carboxylic acids is 2. The number of thioether (sulfide) groups is 1. The first-order chi connectivity index (χ1) is 11.1. The highest BCUT2D eigenvalue weighted by molar-refractivity contribution is 7.99. The van der Waals surface area contributed by atoms with Gasteiger partial charge in [-0.3, -0.25) is 9.59 Å². The van der Waals surface area contributed by atoms with E-state index in [-0.39, 0.29) is 17.8 Å². The lowest BCUT2D eigenvalue weighted by Crippen LogP contribution is -2.42. The maximum Gasteiger partial charge on any atom is 0.310 e. The normalized spacial score (nSPS) is 17.8. The third-order valence-corrected chi connectivity index (χ3v) is 5.01. The van der Waals surface area contributed by atoms with Gasteiger partial charge < -0.3 is 9.64 Å². The summed E-state index contributed by atoms with van der Waals surface area (Å²) in [6.45, 7) is 5.54. The van der Waals surface area contributed by atoms with Crippen LogP contribution in [0.1, 0.15) is 31.7 Å². The lowest BCUT2D eigenvalue weighted by molar-refractivity contribution is -0.151. The Kier molecular flexibility index (Phi) is 6.96. The monoisotopic (exact) mass is 335 g/mol. The van der Waals surface area contributed by atoms with Gasteiger partial charge in [0.15, 0.2) is 0 Å². The Morgan fingerprint density at radius 1 is 1.30 bits per heavy atom. The Bertz CT molecular complexity index is 530. The van der Waals surface area contributed by atoms with Crippen LogP contribution in [0.25, 0.3) is 0 Å². The minimum absolute atomic E-state index is 0.138. The lowest BCUT2D eigenvalue weighted by Gasteiger charge is -2.31. The SMILES string of the molecule is CCOC(=O)C1CCCN(C(=O)CCSc2ccc(C)cc2)C1. The molecule has 0 bridgehead atoms. The number of hydrogen-bond acceptors (Lipinski definition) is 4. The number of piperidine rings is 1. The molecule has 0 N–H and O–H groups in total. The third kappa shape index (κ3) is 5.57. The summed E-state index contributed by atoms with van der Waals surface area (Å²) in [6, 6.07) is 8.34. The van der Waals surface area contributed by atoms with Gasteiger partial charge in [-0.15, -0.1) is 11.8 Å². The maximum atomic E-state index is 12.3. The molecule has 23 heavy (non-hydrogen) atoms. The van der Waals surface area contributed by atoms with Gasteiger partial charge in [-0.05, 0) is 38.8 Å². The van der Waals surface area contributed by atoms with Crippen molar-refractivity contribution < 1.29 is 14.3 Å². The van der Waals surface area contributed by atoms with E-state index in [1.807, 2.05) is 11.8 Å². The van der Waals surface area contributed by atoms with E-state index in [0.717, 1.165) is 25.1 Å². The molecule has 1 aromatic rings. The largest absolute Gasteiger partial charge is 0.466 e. The predicted molar refractivity (Wildman–Crippen MR) is 92.5 cm³/mol. The molecule has 0 aliphatic carbocycles. The molecule has 1 aromatic carbocycles. The van der Waals surface area contributed by atoms with Crippen LogP contribution in [0.3, 0.4) is 0 Å². The van der Waals surface area contributed by atoms with Crippen molar-refractivity contribution >= 4 is 23.6 Å². The summed E-state index contributed by atoms with van der Waals surface area (Å²) >= 11 is 1.70. The van der Waals surface area contributed by atoms with Gasteiger partial charge in [0.25, 0.3) is 0 Å². The minimum atomic E-state index is -0.168. The summed E-state index contributed by atoms with van der Waals surface area (Å²) < 4.78 is 5.08. The number of ether oxygens (including phenoxy) is 1. The van der Waals surface area contributed by atoms with Crippen molar-refractivity contribution in [3.8, 4) is 0 Å². The lowest BCUT2D eigenvalue weighted by atomic mass is 9.98. The molecule has 1 unspecified atom stereocenters. The van der Waals surface area contributed by atoms with E-state index in [9.17, 15) is 9.59 Å². The predicted octanol–water partition coefficient (Wildman–Crippen LogP) is 3.28. The summed E-state index contributed by atoms with van der Waals surface area (Å²) in [5.41, 5.74) is 1.24. The Balaban J connectivity index is 1.76. The van der Waals surface area contributed by atoms with Crippen LogP contribution in [-0.2, 0) is 14.3 Å². The van der Waals surface area contributed by atoms with E-state index >= 15 is 0 Å². The smallest absolute Gasteiger partial charge is 0.310 e. The molecule has 4 nitrogen and oxygen atoms in total. The fourth-order valence-corrected chi connectivity index (χ4v) is 3.55. The molecule has 126 valence electrons. The summed E-state index contributed by atoms with van der Waals surface area (Å²) in [4.78, 5) is 27.2. The Hall–Kier alpha value is -1.49. The highest BCUT2D eigenvalue weighted by Crippen LogP contribution is 2.22. The topological polar surface area (TPSA) is 46.6 Å². The van der Waals surface area contributed by atoms with Gasteiger partial charge in [-0.1, -0.05) is 17.7 Å². The van der Waals surface area contributed by atoms with Gasteiger partial charge in [0.2, 0.25) is 5.91 Å². The summed E-state index contributed by atoms with van der Waals surface area (Å²) in [6.07, 6.45) is 2.20. The van der Waals surface area contributed by atoms with Crippen molar-refractivity contribution in [2.45, 2.75) is 38.0 Å². The van der Waals surface area contributed by atoms with Gasteiger partial charge >= 0.3 is 5.97 Å². The van der Waals surface area contributed by atoms with Crippen LogP contribution in [0.2, 0.25) is 0 Å². The molecule has 1 saturated heterocycles. The van der Waals surface area contributed by atoms with Crippen molar-refractivity contribution in [3.63, 3.8) is 0 Å². The first kappa shape index (κ1) is 17.9. The molecule has 0 saturated carbocycles. The zero-order valence-corrected chi connectivity index (χ0v) is 14.7. The average Bonchev–Trinajstić information content (AvgIpc) is 2.57. The molecule has 1 aliphatic rings. The van der Waals surface area contributed by atoms with Gasteiger partial charge in [0, 0.05) is 30.2 Å². The number of aryl methyl sites for hydroxylation is 1. The van der Waals surface area contributed by atoms with Gasteiger partial charge in [-0.2, -0.15) is 0 Å². The second-order valence-electron chi connectivity index (χ2n) is 5.84. The first-order valence-corrected chi connectivity index (χ1v) is 9.22. The molecule has 1 heterocycles. The molecule has 1 fully saturated rings. The zero-order chi connectivity index (χ0) is 16.7. The van der Waals surface area contributed by atoms with E-state index in [0.29, 0.717) is 19.6 Å². The highest BCUT2D eigenvalue weighted by Gasteiger charge is 2.28. The maximum absolute atomic E-state index is 12.3. The number of benzene rings is 1. The van der Waals surface area contributed by atoms with Crippen LogP contribution in [0, 0.1) is 12.8 Å². The second kappa shape index (κ2) is 8.96. The van der Waals surface area contributed by atoms with Crippen molar-refractivity contribution in [1.29, 1.82) is 0 Å². The fourth-order valence-electron chi connectivity index (χ4n) is 2.70. The first-order valence-electron chi connectivity index (χ1n) is 8.24. The van der Waals surface area contributed by atoms with Gasteiger partial charge in [-0.25, -0.2) is 0 Å². The van der Waals surface area contributed by atoms with Crippen LogP contribution < -0.4 is 0 Å². The molecule has 0 aromatic heterocycles. The van der Waals surface area contributed by atoms with Crippen molar-refractivity contribution in [1.82, 2.24) is 4.90 Å². The van der Waals surface area contributed by atoms with E-state index in [2.05, 4.69) is 31.2 Å². The van der Waals surface area contributed by atoms with E-state index in [1.165, 1.54) is 10.5 Å². The Labute approximate surface area is 142 Å². The number of hydrogen-bond donors (Lipinski definition) is 0. The van der Waals surface area contributed by atoms with Crippen LogP contribution in [-0.4, -0.2) is 42.2 Å². The van der Waals surface area contributed by atoms with E-state index in [1.54, 1.807) is 11.8 Å². The van der Waals surface area contributed by atoms with E-state index < -0.39 is 0 Å². The van der Waals surface area contributed by atoms with Gasteiger partial charge in [0.1, 0.15) is 0 Å². The molecule has 1 atom stereocenters. The summed E-state index contributed by atoms with van der Waals surface area (Å²) in [5, 5.41) is 0. The molecular formula is C18H25NO3S. The molecule has 0 radical (unpaired) electrons. The molecule has 1 amide bonds. The highest BCUT2D eigenvalue weighted by atomic mass is 32.2. The molecule has 0 spiro atoms. The summed E-state index contributed by atoms with van der Waals surface area (Å²) in [7, 11) is 0. The Morgan fingerprint density at radius 3 is 2.74 bits per heavy atom. The number of esters is 1. The fraction of sp³-hybridized carbons (Fsp3) is 0.556. The number of carbonyl (C=O) groups is 2. The van der Waals surface area contributed by atoms with Crippen LogP contribution in [0.15, 0.2) is 29.2 Å². The standard InChI is InChI=1S/C18H25NO3S/c1-3-22-18(21)15-5-4-11-19(13-15)17(20)10-12-23-16-8-6-14(2)7-9-16/h6-9,15H,3-5,10-13H2,1-2H3. The second-order valence-corrected chi connectivity index (χ2v) is 7.01. The molecule has 2 rings (SSSR count).